The fraction of sp³-hybridized carbons (Fsp3) is 0.750. The minimum atomic E-state index is -0.0418. The Bertz CT molecular complexity index is 123. The Balaban J connectivity index is 2.37. The average Bonchev–Trinajstić information content (AvgIpc) is 1.79. The third-order valence-electron chi connectivity index (χ3n) is 1.84. The maximum atomic E-state index is 9.11. The first-order valence-electron chi connectivity index (χ1n) is 3.53. The lowest BCUT2D eigenvalue weighted by molar-refractivity contribution is 0.0496. The molecule has 1 saturated carbocycles. The molecule has 0 amide bonds. The van der Waals surface area contributed by atoms with Gasteiger partial charge in [-0.15, -0.1) is 0 Å². The zero-order valence-corrected chi connectivity index (χ0v) is 6.09. The van der Waals surface area contributed by atoms with E-state index in [-0.39, 0.29) is 6.10 Å². The molecule has 0 aromatic carbocycles. The lowest BCUT2D eigenvalue weighted by Crippen LogP contribution is -2.29. The summed E-state index contributed by atoms with van der Waals surface area (Å²) in [5, 5.41) is 9.11. The van der Waals surface area contributed by atoms with Gasteiger partial charge in [-0.25, -0.2) is 0 Å². The molecule has 0 heterocycles. The van der Waals surface area contributed by atoms with Gasteiger partial charge in [-0.2, -0.15) is 0 Å². The molecule has 1 rings (SSSR count). The summed E-state index contributed by atoms with van der Waals surface area (Å²) in [6.45, 7) is 4.15. The first-order chi connectivity index (χ1) is 4.20. The molecular weight excluding hydrogens is 112 g/mol. The largest absolute Gasteiger partial charge is 0.393 e. The minimum absolute atomic E-state index is 0.0418. The second kappa shape index (κ2) is 2.53. The van der Waals surface area contributed by atoms with Gasteiger partial charge in [0.25, 0.3) is 0 Å². The van der Waals surface area contributed by atoms with Crippen LogP contribution in [0.5, 0.6) is 0 Å². The molecule has 1 heteroatoms. The van der Waals surface area contributed by atoms with Crippen molar-refractivity contribution in [2.75, 3.05) is 0 Å². The van der Waals surface area contributed by atoms with Crippen LogP contribution in [0.1, 0.15) is 26.7 Å². The fourth-order valence-electron chi connectivity index (χ4n) is 1.13. The van der Waals surface area contributed by atoms with Crippen molar-refractivity contribution in [1.29, 1.82) is 0 Å². The van der Waals surface area contributed by atoms with Crippen LogP contribution in [0.3, 0.4) is 0 Å². The standard InChI is InChI=1S/C8H14O/c1-6(2)5-7-3-4-8(7)9/h5,7-9H,3-4H2,1-2H3. The lowest BCUT2D eigenvalue weighted by Gasteiger charge is -2.29. The Morgan fingerprint density at radius 1 is 1.44 bits per heavy atom. The van der Waals surface area contributed by atoms with E-state index in [1.165, 1.54) is 12.0 Å². The van der Waals surface area contributed by atoms with Crippen LogP contribution >= 0.6 is 0 Å². The molecule has 0 saturated heterocycles. The smallest absolute Gasteiger partial charge is 0.0603 e. The highest BCUT2D eigenvalue weighted by atomic mass is 16.3. The van der Waals surface area contributed by atoms with Gasteiger partial charge in [0.15, 0.2) is 0 Å². The van der Waals surface area contributed by atoms with Gasteiger partial charge in [-0.05, 0) is 26.7 Å². The van der Waals surface area contributed by atoms with Gasteiger partial charge in [0.1, 0.15) is 0 Å². The van der Waals surface area contributed by atoms with Crippen LogP contribution in [-0.2, 0) is 0 Å². The fourth-order valence-corrected chi connectivity index (χ4v) is 1.13. The van der Waals surface area contributed by atoms with Crippen molar-refractivity contribution in [2.24, 2.45) is 5.92 Å². The van der Waals surface area contributed by atoms with Gasteiger partial charge in [-0.1, -0.05) is 11.6 Å². The van der Waals surface area contributed by atoms with E-state index < -0.39 is 0 Å². The van der Waals surface area contributed by atoms with E-state index in [9.17, 15) is 0 Å². The van der Waals surface area contributed by atoms with E-state index in [4.69, 9.17) is 5.11 Å². The van der Waals surface area contributed by atoms with Crippen LogP contribution < -0.4 is 0 Å². The highest BCUT2D eigenvalue weighted by Crippen LogP contribution is 2.28. The molecule has 0 aromatic heterocycles. The number of hydrogen-bond acceptors (Lipinski definition) is 1. The predicted octanol–water partition coefficient (Wildman–Crippen LogP) is 1.72. The molecule has 0 radical (unpaired) electrons. The summed E-state index contributed by atoms with van der Waals surface area (Å²) in [6.07, 6.45) is 4.29. The van der Waals surface area contributed by atoms with Crippen molar-refractivity contribution in [2.45, 2.75) is 32.8 Å². The van der Waals surface area contributed by atoms with Gasteiger partial charge in [-0.3, -0.25) is 0 Å². The summed E-state index contributed by atoms with van der Waals surface area (Å²) < 4.78 is 0. The molecule has 2 unspecified atom stereocenters. The molecule has 0 aliphatic heterocycles. The van der Waals surface area contributed by atoms with Crippen molar-refractivity contribution >= 4 is 0 Å². The van der Waals surface area contributed by atoms with E-state index in [1.54, 1.807) is 0 Å². The van der Waals surface area contributed by atoms with E-state index in [2.05, 4.69) is 19.9 Å². The number of hydrogen-bond donors (Lipinski definition) is 1. The Labute approximate surface area is 56.4 Å². The van der Waals surface area contributed by atoms with Crippen molar-refractivity contribution in [3.63, 3.8) is 0 Å². The van der Waals surface area contributed by atoms with Crippen LogP contribution in [-0.4, -0.2) is 11.2 Å². The van der Waals surface area contributed by atoms with E-state index >= 15 is 0 Å². The maximum absolute atomic E-state index is 9.11. The summed E-state index contributed by atoms with van der Waals surface area (Å²) in [7, 11) is 0. The molecule has 1 nitrogen and oxygen atoms in total. The lowest BCUT2D eigenvalue weighted by atomic mass is 9.81. The Hall–Kier alpha value is -0.300. The summed E-state index contributed by atoms with van der Waals surface area (Å²) in [4.78, 5) is 0. The number of rotatable bonds is 1. The van der Waals surface area contributed by atoms with Crippen LogP contribution in [0.15, 0.2) is 11.6 Å². The summed E-state index contributed by atoms with van der Waals surface area (Å²) >= 11 is 0. The molecule has 1 N–H and O–H groups in total. The zero-order chi connectivity index (χ0) is 6.85. The molecule has 9 heavy (non-hydrogen) atoms. The topological polar surface area (TPSA) is 20.2 Å². The highest BCUT2D eigenvalue weighted by Gasteiger charge is 2.25. The maximum Gasteiger partial charge on any atom is 0.0603 e. The number of allylic oxidation sites excluding steroid dienone is 1. The Morgan fingerprint density at radius 2 is 2.11 bits per heavy atom. The first kappa shape index (κ1) is 6.81. The molecule has 0 spiro atoms. The van der Waals surface area contributed by atoms with Gasteiger partial charge < -0.3 is 5.11 Å². The Kier molecular flexibility index (Phi) is 1.91. The first-order valence-corrected chi connectivity index (χ1v) is 3.53. The Morgan fingerprint density at radius 3 is 2.22 bits per heavy atom. The van der Waals surface area contributed by atoms with Crippen molar-refractivity contribution < 1.29 is 5.11 Å². The molecule has 1 aliphatic rings. The van der Waals surface area contributed by atoms with E-state index in [0.29, 0.717) is 5.92 Å². The van der Waals surface area contributed by atoms with Crippen LogP contribution in [0.4, 0.5) is 0 Å². The second-order valence-electron chi connectivity index (χ2n) is 3.05. The normalized spacial score (nSPS) is 33.2. The quantitative estimate of drug-likeness (QED) is 0.530. The van der Waals surface area contributed by atoms with Gasteiger partial charge in [0.05, 0.1) is 6.10 Å². The monoisotopic (exact) mass is 126 g/mol. The molecule has 0 aromatic rings. The summed E-state index contributed by atoms with van der Waals surface area (Å²) in [5.74, 6) is 0.468. The van der Waals surface area contributed by atoms with Gasteiger partial charge >= 0.3 is 0 Å². The van der Waals surface area contributed by atoms with Crippen LogP contribution in [0, 0.1) is 5.92 Å². The third-order valence-corrected chi connectivity index (χ3v) is 1.84. The summed E-state index contributed by atoms with van der Waals surface area (Å²) in [5.41, 5.74) is 1.32. The van der Waals surface area contributed by atoms with Crippen LogP contribution in [0.25, 0.3) is 0 Å². The van der Waals surface area contributed by atoms with E-state index in [1.807, 2.05) is 0 Å². The average molecular weight is 126 g/mol. The molecule has 0 bridgehead atoms. The molecule has 52 valence electrons. The van der Waals surface area contributed by atoms with Gasteiger partial charge in [0, 0.05) is 5.92 Å². The number of aliphatic hydroxyl groups is 1. The van der Waals surface area contributed by atoms with Crippen molar-refractivity contribution in [1.82, 2.24) is 0 Å². The molecule has 1 aliphatic carbocycles. The number of aliphatic hydroxyl groups excluding tert-OH is 1. The second-order valence-corrected chi connectivity index (χ2v) is 3.05. The third kappa shape index (κ3) is 1.55. The molecule has 1 fully saturated rings. The minimum Gasteiger partial charge on any atom is -0.393 e. The molecule has 2 atom stereocenters. The van der Waals surface area contributed by atoms with Crippen LogP contribution in [0.2, 0.25) is 0 Å². The van der Waals surface area contributed by atoms with E-state index in [0.717, 1.165) is 6.42 Å². The highest BCUT2D eigenvalue weighted by molar-refractivity contribution is 5.03. The predicted molar refractivity (Wildman–Crippen MR) is 38.2 cm³/mol. The van der Waals surface area contributed by atoms with Crippen molar-refractivity contribution in [3.8, 4) is 0 Å². The van der Waals surface area contributed by atoms with Crippen molar-refractivity contribution in [3.05, 3.63) is 11.6 Å². The zero-order valence-electron chi connectivity index (χ0n) is 6.09. The summed E-state index contributed by atoms with van der Waals surface area (Å²) in [6, 6.07) is 0. The SMILES string of the molecule is CC(C)=CC1CCC1O. The van der Waals surface area contributed by atoms with Gasteiger partial charge in [0.2, 0.25) is 0 Å². The molecular formula is C8H14O.